The van der Waals surface area contributed by atoms with Crippen LogP contribution in [-0.4, -0.2) is 75.6 Å². The van der Waals surface area contributed by atoms with Gasteiger partial charge in [-0.25, -0.2) is 20.6 Å². The lowest BCUT2D eigenvalue weighted by Crippen LogP contribution is -2.64. The number of aromatic nitrogens is 1. The summed E-state index contributed by atoms with van der Waals surface area (Å²) in [5.74, 6) is 0.606. The predicted molar refractivity (Wildman–Crippen MR) is 207 cm³/mol. The molecule has 0 radical (unpaired) electrons. The standard InChI is InChI=1S/C40H52N6O6S/c1-8-19-39(6,35(47)44-53-29-16-17-29)45-43-34-21-28(24-46(34)36(48)40(23-26(40)9-2)42-37(49)52-38(3,4)5)51-33-22-31(25-13-11-10-12-14-25)41-32-20-27(50-7)15-18-30(32)33/h9-15,18,20,22,26,28-29,34,43,45H,2,8,16-17,19,21,23-24H2,1,3-7H3,(H,42,49)(H,44,47)/t26?,28-,34+,39+,40?/m1/s1. The third kappa shape index (κ3) is 8.90. The number of methoxy groups -OCH3 is 1. The molecule has 2 heterocycles. The number of likely N-dealkylation sites (tertiary alicyclic amines) is 1. The summed E-state index contributed by atoms with van der Waals surface area (Å²) in [6.07, 6.45) is 4.29. The zero-order chi connectivity index (χ0) is 38.0. The molecule has 2 unspecified atom stereocenters. The molecule has 284 valence electrons. The van der Waals surface area contributed by atoms with E-state index in [0.29, 0.717) is 41.5 Å². The molecule has 3 aliphatic rings. The molecule has 5 atom stereocenters. The number of amides is 3. The molecule has 1 saturated heterocycles. The number of benzene rings is 2. The van der Waals surface area contributed by atoms with Crippen LogP contribution in [0.15, 0.2) is 67.3 Å². The van der Waals surface area contributed by atoms with Crippen molar-refractivity contribution in [2.75, 3.05) is 13.7 Å². The molecule has 2 aliphatic carbocycles. The van der Waals surface area contributed by atoms with Crippen LogP contribution in [0.2, 0.25) is 0 Å². The van der Waals surface area contributed by atoms with E-state index in [1.165, 1.54) is 11.9 Å². The van der Waals surface area contributed by atoms with Crippen molar-refractivity contribution in [3.8, 4) is 22.8 Å². The number of carbonyl (C=O) groups is 3. The maximum Gasteiger partial charge on any atom is 0.408 e. The highest BCUT2D eigenvalue weighted by molar-refractivity contribution is 7.98. The summed E-state index contributed by atoms with van der Waals surface area (Å²) < 4.78 is 20.9. The fourth-order valence-electron chi connectivity index (χ4n) is 6.75. The minimum Gasteiger partial charge on any atom is -0.497 e. The lowest BCUT2D eigenvalue weighted by atomic mass is 9.96. The van der Waals surface area contributed by atoms with Crippen LogP contribution in [0.4, 0.5) is 4.79 Å². The van der Waals surface area contributed by atoms with E-state index in [1.807, 2.05) is 68.4 Å². The summed E-state index contributed by atoms with van der Waals surface area (Å²) in [7, 11) is 1.62. The molecule has 3 fully saturated rings. The van der Waals surface area contributed by atoms with Crippen molar-refractivity contribution in [3.63, 3.8) is 0 Å². The molecule has 13 heteroatoms. The maximum absolute atomic E-state index is 14.7. The van der Waals surface area contributed by atoms with Gasteiger partial charge in [-0.05, 0) is 77.5 Å². The fourth-order valence-corrected chi connectivity index (χ4v) is 7.62. The lowest BCUT2D eigenvalue weighted by Gasteiger charge is -2.35. The van der Waals surface area contributed by atoms with Gasteiger partial charge in [0.2, 0.25) is 0 Å². The van der Waals surface area contributed by atoms with Gasteiger partial charge in [0.1, 0.15) is 34.3 Å². The molecule has 1 aliphatic heterocycles. The monoisotopic (exact) mass is 744 g/mol. The first-order valence-corrected chi connectivity index (χ1v) is 19.3. The van der Waals surface area contributed by atoms with E-state index in [9.17, 15) is 14.4 Å². The first kappa shape index (κ1) is 38.4. The minimum absolute atomic E-state index is 0.128. The van der Waals surface area contributed by atoms with E-state index in [2.05, 4.69) is 27.5 Å². The van der Waals surface area contributed by atoms with Gasteiger partial charge in [-0.1, -0.05) is 49.8 Å². The first-order valence-electron chi connectivity index (χ1n) is 18.4. The number of hydrazine groups is 1. The van der Waals surface area contributed by atoms with E-state index < -0.39 is 35.0 Å². The molecule has 0 spiro atoms. The number of pyridine rings is 1. The van der Waals surface area contributed by atoms with Gasteiger partial charge in [-0.3, -0.25) is 14.3 Å². The maximum atomic E-state index is 14.7. The molecule has 1 aromatic heterocycles. The second-order valence-electron chi connectivity index (χ2n) is 15.4. The van der Waals surface area contributed by atoms with E-state index in [1.54, 1.807) is 38.9 Å². The highest BCUT2D eigenvalue weighted by Crippen LogP contribution is 2.47. The summed E-state index contributed by atoms with van der Waals surface area (Å²) >= 11 is 1.47. The number of hydrogen-bond acceptors (Lipinski definition) is 10. The number of fused-ring (bicyclic) bond motifs is 1. The van der Waals surface area contributed by atoms with E-state index in [-0.39, 0.29) is 24.3 Å². The number of ether oxygens (including phenoxy) is 3. The van der Waals surface area contributed by atoms with E-state index in [0.717, 1.165) is 35.9 Å². The molecular formula is C40H52N6O6S. The summed E-state index contributed by atoms with van der Waals surface area (Å²) in [6, 6.07) is 17.5. The van der Waals surface area contributed by atoms with Crippen molar-refractivity contribution in [2.45, 2.75) is 107 Å². The molecule has 0 bridgehead atoms. The topological polar surface area (TPSA) is 143 Å². The summed E-state index contributed by atoms with van der Waals surface area (Å²) in [5, 5.41) is 4.15. The molecule has 4 N–H and O–H groups in total. The van der Waals surface area contributed by atoms with Crippen molar-refractivity contribution in [3.05, 3.63) is 67.3 Å². The van der Waals surface area contributed by atoms with Gasteiger partial charge in [0.15, 0.2) is 0 Å². The van der Waals surface area contributed by atoms with Gasteiger partial charge in [0.05, 0.1) is 31.0 Å². The van der Waals surface area contributed by atoms with Gasteiger partial charge < -0.3 is 24.4 Å². The minimum atomic E-state index is -1.22. The van der Waals surface area contributed by atoms with Crippen molar-refractivity contribution in [2.24, 2.45) is 5.92 Å². The third-order valence-electron chi connectivity index (χ3n) is 9.88. The highest BCUT2D eigenvalue weighted by atomic mass is 32.2. The molecule has 2 aromatic carbocycles. The molecule has 2 saturated carbocycles. The second-order valence-corrected chi connectivity index (χ2v) is 16.6. The van der Waals surface area contributed by atoms with Crippen molar-refractivity contribution in [1.29, 1.82) is 0 Å². The van der Waals surface area contributed by atoms with Gasteiger partial charge in [-0.2, -0.15) is 0 Å². The Kier molecular flexibility index (Phi) is 11.3. The van der Waals surface area contributed by atoms with Crippen LogP contribution in [0.25, 0.3) is 22.2 Å². The van der Waals surface area contributed by atoms with Crippen LogP contribution in [-0.2, 0) is 14.3 Å². The Labute approximate surface area is 316 Å². The number of hydrogen-bond donors (Lipinski definition) is 4. The molecule has 6 rings (SSSR count). The molecule has 53 heavy (non-hydrogen) atoms. The van der Waals surface area contributed by atoms with Gasteiger partial charge in [0, 0.05) is 40.7 Å². The predicted octanol–water partition coefficient (Wildman–Crippen LogP) is 6.27. The van der Waals surface area contributed by atoms with Crippen molar-refractivity contribution in [1.82, 2.24) is 30.8 Å². The Morgan fingerprint density at radius 2 is 1.85 bits per heavy atom. The third-order valence-corrected chi connectivity index (χ3v) is 11.0. The van der Waals surface area contributed by atoms with Gasteiger partial charge in [-0.15, -0.1) is 6.58 Å². The summed E-state index contributed by atoms with van der Waals surface area (Å²) in [4.78, 5) is 47.9. The highest BCUT2D eigenvalue weighted by Gasteiger charge is 2.63. The van der Waals surface area contributed by atoms with Crippen LogP contribution in [0.5, 0.6) is 11.5 Å². The molecule has 12 nitrogen and oxygen atoms in total. The Morgan fingerprint density at radius 3 is 2.49 bits per heavy atom. The Bertz CT molecular complexity index is 1830. The molecule has 3 amide bonds. The van der Waals surface area contributed by atoms with Crippen LogP contribution in [0.1, 0.15) is 73.1 Å². The average Bonchev–Trinajstić information content (AvgIpc) is 4.05. The molecular weight excluding hydrogens is 693 g/mol. The average molecular weight is 745 g/mol. The SMILES string of the molecule is C=CC1CC1(NC(=O)OC(C)(C)C)C(=O)N1C[C@H](Oc2cc(-c3ccccc3)nc3cc(OC)ccc23)C[C@H]1NN[C@@](C)(CCC)C(=O)NSC1CC1. The lowest BCUT2D eigenvalue weighted by molar-refractivity contribution is -0.137. The smallest absolute Gasteiger partial charge is 0.408 e. The van der Waals surface area contributed by atoms with Crippen LogP contribution >= 0.6 is 11.9 Å². The van der Waals surface area contributed by atoms with Crippen molar-refractivity contribution >= 4 is 40.8 Å². The normalized spacial score (nSPS) is 23.5. The summed E-state index contributed by atoms with van der Waals surface area (Å²) in [6.45, 7) is 13.4. The van der Waals surface area contributed by atoms with Crippen LogP contribution in [0, 0.1) is 5.92 Å². The Hall–Kier alpha value is -4.33. The number of nitrogens with zero attached hydrogens (tertiary/aromatic N) is 2. The quantitative estimate of drug-likeness (QED) is 0.0800. The number of rotatable bonds is 15. The fraction of sp³-hybridized carbons (Fsp3) is 0.500. The zero-order valence-electron chi connectivity index (χ0n) is 31.5. The Balaban J connectivity index is 1.30. The number of alkyl carbamates (subject to hydrolysis) is 1. The largest absolute Gasteiger partial charge is 0.497 e. The van der Waals surface area contributed by atoms with Crippen molar-refractivity contribution < 1.29 is 28.6 Å². The van der Waals surface area contributed by atoms with E-state index in [4.69, 9.17) is 19.2 Å². The number of carbonyl (C=O) groups excluding carboxylic acids is 3. The van der Waals surface area contributed by atoms with Crippen LogP contribution in [0.3, 0.4) is 0 Å². The summed E-state index contributed by atoms with van der Waals surface area (Å²) in [5.41, 5.74) is 6.13. The first-order chi connectivity index (χ1) is 25.3. The molecule has 3 aromatic rings. The van der Waals surface area contributed by atoms with Gasteiger partial charge in [0.25, 0.3) is 11.8 Å². The van der Waals surface area contributed by atoms with E-state index >= 15 is 0 Å². The zero-order valence-corrected chi connectivity index (χ0v) is 32.3. The van der Waals surface area contributed by atoms with Gasteiger partial charge >= 0.3 is 6.09 Å². The Morgan fingerprint density at radius 1 is 1.09 bits per heavy atom. The van der Waals surface area contributed by atoms with Crippen LogP contribution < -0.4 is 30.4 Å². The second kappa shape index (κ2) is 15.6. The number of nitrogens with one attached hydrogen (secondary N) is 4.